The highest BCUT2D eigenvalue weighted by molar-refractivity contribution is 14.0. The van der Waals surface area contributed by atoms with Crippen LogP contribution in [-0.2, 0) is 25.0 Å². The molecule has 1 amide bonds. The van der Waals surface area contributed by atoms with Gasteiger partial charge in [-0.2, -0.15) is 5.10 Å². The van der Waals surface area contributed by atoms with E-state index >= 15 is 0 Å². The van der Waals surface area contributed by atoms with Crippen molar-refractivity contribution < 1.29 is 9.90 Å². The summed E-state index contributed by atoms with van der Waals surface area (Å²) in [7, 11) is 3.55. The van der Waals surface area contributed by atoms with E-state index in [2.05, 4.69) is 15.4 Å². The Kier molecular flexibility index (Phi) is 7.60. The van der Waals surface area contributed by atoms with E-state index in [0.717, 1.165) is 16.8 Å². The summed E-state index contributed by atoms with van der Waals surface area (Å²) in [4.78, 5) is 20.5. The van der Waals surface area contributed by atoms with Gasteiger partial charge in [0.25, 0.3) is 0 Å². The van der Waals surface area contributed by atoms with Gasteiger partial charge in [-0.1, -0.05) is 24.3 Å². The minimum Gasteiger partial charge on any atom is -0.392 e. The van der Waals surface area contributed by atoms with E-state index in [9.17, 15) is 9.90 Å². The van der Waals surface area contributed by atoms with Gasteiger partial charge in [0.2, 0.25) is 5.91 Å². The fourth-order valence-electron chi connectivity index (χ4n) is 3.03. The summed E-state index contributed by atoms with van der Waals surface area (Å²) in [6.07, 6.45) is 3.55. The molecule has 0 bridgehead atoms. The normalized spacial score (nSPS) is 14.9. The molecule has 0 unspecified atom stereocenters. The topological polar surface area (TPSA) is 86.0 Å². The van der Waals surface area contributed by atoms with Gasteiger partial charge in [0.05, 0.1) is 18.5 Å². The van der Waals surface area contributed by atoms with Crippen molar-refractivity contribution in [3.8, 4) is 0 Å². The Morgan fingerprint density at radius 3 is 2.74 bits per heavy atom. The molecule has 2 heterocycles. The number of amides is 1. The second-order valence-corrected chi connectivity index (χ2v) is 6.22. The van der Waals surface area contributed by atoms with E-state index in [1.165, 1.54) is 0 Å². The number of piperazine rings is 1. The number of carbonyl (C=O) groups is 1. The molecule has 27 heavy (non-hydrogen) atoms. The number of halogens is 1. The van der Waals surface area contributed by atoms with Crippen LogP contribution in [0, 0.1) is 0 Å². The van der Waals surface area contributed by atoms with Crippen LogP contribution in [0.25, 0.3) is 0 Å². The minimum absolute atomic E-state index is 0. The fourth-order valence-corrected chi connectivity index (χ4v) is 3.03. The highest BCUT2D eigenvalue weighted by Crippen LogP contribution is 2.16. The van der Waals surface area contributed by atoms with Crippen molar-refractivity contribution in [1.29, 1.82) is 0 Å². The number of carbonyl (C=O) groups excluding carboxylic acids is 1. The number of hydrogen-bond acceptors (Lipinski definition) is 4. The predicted molar refractivity (Wildman–Crippen MR) is 115 cm³/mol. The molecule has 8 nitrogen and oxygen atoms in total. The Bertz CT molecular complexity index is 807. The third-order valence-corrected chi connectivity index (χ3v) is 4.36. The smallest absolute Gasteiger partial charge is 0.246 e. The maximum Gasteiger partial charge on any atom is 0.246 e. The Morgan fingerprint density at radius 1 is 1.33 bits per heavy atom. The molecule has 2 N–H and O–H groups in total. The summed E-state index contributed by atoms with van der Waals surface area (Å²) in [5.74, 6) is 0.716. The van der Waals surface area contributed by atoms with Crippen LogP contribution in [0.1, 0.15) is 11.1 Å². The molecule has 0 atom stereocenters. The Morgan fingerprint density at radius 2 is 2.11 bits per heavy atom. The number of aliphatic imine (C=N–C) groups is 1. The Balaban J connectivity index is 0.00000261. The summed E-state index contributed by atoms with van der Waals surface area (Å²) in [6.45, 7) is 2.15. The van der Waals surface area contributed by atoms with Gasteiger partial charge in [0, 0.05) is 39.9 Å². The van der Waals surface area contributed by atoms with Gasteiger partial charge in [0.15, 0.2) is 5.96 Å². The lowest BCUT2D eigenvalue weighted by atomic mass is 10.1. The molecule has 1 aromatic carbocycles. The van der Waals surface area contributed by atoms with Crippen LogP contribution in [0.2, 0.25) is 0 Å². The first-order valence-electron chi connectivity index (χ1n) is 8.54. The third-order valence-electron chi connectivity index (χ3n) is 4.36. The van der Waals surface area contributed by atoms with Gasteiger partial charge in [-0.15, -0.1) is 24.0 Å². The predicted octanol–water partition coefficient (Wildman–Crippen LogP) is 0.955. The van der Waals surface area contributed by atoms with Crippen molar-refractivity contribution in [2.75, 3.05) is 31.6 Å². The van der Waals surface area contributed by atoms with Crippen LogP contribution >= 0.6 is 24.0 Å². The number of rotatable bonds is 4. The highest BCUT2D eigenvalue weighted by atomic mass is 127. The van der Waals surface area contributed by atoms with Crippen LogP contribution in [-0.4, -0.2) is 58.3 Å². The zero-order valence-corrected chi connectivity index (χ0v) is 17.8. The number of aryl methyl sites for hydroxylation is 1. The van der Waals surface area contributed by atoms with E-state index < -0.39 is 0 Å². The van der Waals surface area contributed by atoms with Crippen molar-refractivity contribution in [2.24, 2.45) is 12.0 Å². The van der Waals surface area contributed by atoms with Gasteiger partial charge >= 0.3 is 0 Å². The lowest BCUT2D eigenvalue weighted by Crippen LogP contribution is -2.55. The Labute approximate surface area is 175 Å². The molecule has 2 aromatic rings. The second kappa shape index (κ2) is 9.70. The molecule has 1 saturated heterocycles. The summed E-state index contributed by atoms with van der Waals surface area (Å²) >= 11 is 0. The molecule has 1 aliphatic rings. The SMILES string of the molecule is CN=C(NCc1cccc(CO)c1)N1CCN(c2cnn(C)c2)C(=O)C1.I. The molecule has 9 heteroatoms. The van der Waals surface area contributed by atoms with Gasteiger partial charge in [-0.25, -0.2) is 0 Å². The van der Waals surface area contributed by atoms with Gasteiger partial charge in [0.1, 0.15) is 6.54 Å². The van der Waals surface area contributed by atoms with Crippen LogP contribution in [0.4, 0.5) is 5.69 Å². The zero-order valence-electron chi connectivity index (χ0n) is 15.5. The van der Waals surface area contributed by atoms with E-state index in [1.54, 1.807) is 22.8 Å². The number of nitrogens with one attached hydrogen (secondary N) is 1. The molecule has 0 saturated carbocycles. The molecule has 1 fully saturated rings. The van der Waals surface area contributed by atoms with Crippen molar-refractivity contribution in [2.45, 2.75) is 13.2 Å². The average Bonchev–Trinajstić information content (AvgIpc) is 3.08. The summed E-state index contributed by atoms with van der Waals surface area (Å²) in [5, 5.41) is 16.7. The first-order valence-corrected chi connectivity index (χ1v) is 8.54. The molecular formula is C18H25IN6O2. The summed E-state index contributed by atoms with van der Waals surface area (Å²) < 4.78 is 1.69. The molecule has 0 spiro atoms. The molecule has 1 aromatic heterocycles. The standard InChI is InChI=1S/C18H24N6O2.HI/c1-19-18(20-9-14-4-3-5-15(8-14)13-25)23-6-7-24(17(26)12-23)16-10-21-22(2)11-16;/h3-5,8,10-11,25H,6-7,9,12-13H2,1-2H3,(H,19,20);1H. The number of nitrogens with zero attached hydrogens (tertiary/aromatic N) is 5. The number of aromatic nitrogens is 2. The Hall–Kier alpha value is -2.14. The van der Waals surface area contributed by atoms with Crippen molar-refractivity contribution in [3.63, 3.8) is 0 Å². The van der Waals surface area contributed by atoms with Crippen LogP contribution in [0.5, 0.6) is 0 Å². The molecule has 146 valence electrons. The summed E-state index contributed by atoms with van der Waals surface area (Å²) in [6, 6.07) is 7.74. The number of anilines is 1. The van der Waals surface area contributed by atoms with Gasteiger partial charge in [-0.3, -0.25) is 14.5 Å². The molecular weight excluding hydrogens is 459 g/mol. The largest absolute Gasteiger partial charge is 0.392 e. The number of guanidine groups is 1. The summed E-state index contributed by atoms with van der Waals surface area (Å²) in [5.41, 5.74) is 2.75. The molecule has 0 radical (unpaired) electrons. The lowest BCUT2D eigenvalue weighted by molar-refractivity contribution is -0.120. The van der Waals surface area contributed by atoms with E-state index in [0.29, 0.717) is 25.6 Å². The maximum absolute atomic E-state index is 12.5. The quantitative estimate of drug-likeness (QED) is 0.384. The van der Waals surface area contributed by atoms with Gasteiger partial charge < -0.3 is 20.2 Å². The van der Waals surface area contributed by atoms with E-state index in [-0.39, 0.29) is 43.0 Å². The fraction of sp³-hybridized carbons (Fsp3) is 0.389. The third kappa shape index (κ3) is 5.19. The highest BCUT2D eigenvalue weighted by Gasteiger charge is 2.27. The lowest BCUT2D eigenvalue weighted by Gasteiger charge is -2.35. The number of benzene rings is 1. The molecule has 3 rings (SSSR count). The minimum atomic E-state index is 0. The number of aliphatic hydroxyl groups is 1. The first-order chi connectivity index (χ1) is 12.6. The van der Waals surface area contributed by atoms with Crippen molar-refractivity contribution in [3.05, 3.63) is 47.8 Å². The van der Waals surface area contributed by atoms with Gasteiger partial charge in [-0.05, 0) is 11.1 Å². The molecule has 0 aliphatic carbocycles. The average molecular weight is 484 g/mol. The van der Waals surface area contributed by atoms with E-state index in [4.69, 9.17) is 0 Å². The molecule has 1 aliphatic heterocycles. The van der Waals surface area contributed by atoms with E-state index in [1.807, 2.05) is 42.4 Å². The second-order valence-electron chi connectivity index (χ2n) is 6.22. The van der Waals surface area contributed by atoms with Crippen molar-refractivity contribution >= 4 is 41.5 Å². The monoisotopic (exact) mass is 484 g/mol. The zero-order chi connectivity index (χ0) is 18.5. The van der Waals surface area contributed by atoms with Crippen molar-refractivity contribution in [1.82, 2.24) is 20.0 Å². The maximum atomic E-state index is 12.5. The van der Waals surface area contributed by atoms with Crippen LogP contribution < -0.4 is 10.2 Å². The number of hydrogen-bond donors (Lipinski definition) is 2. The van der Waals surface area contributed by atoms with Crippen LogP contribution in [0.3, 0.4) is 0 Å². The number of aliphatic hydroxyl groups excluding tert-OH is 1. The first kappa shape index (κ1) is 21.2. The van der Waals surface area contributed by atoms with Crippen LogP contribution in [0.15, 0.2) is 41.7 Å².